The third-order valence-corrected chi connectivity index (χ3v) is 6.81. The van der Waals surface area contributed by atoms with Crippen LogP contribution in [-0.4, -0.2) is 36.4 Å². The summed E-state index contributed by atoms with van der Waals surface area (Å²) in [6.45, 7) is 0.00902. The van der Waals surface area contributed by atoms with Crippen LogP contribution in [-0.2, 0) is 16.2 Å². The van der Waals surface area contributed by atoms with Gasteiger partial charge in [-0.1, -0.05) is 42.5 Å². The van der Waals surface area contributed by atoms with Crippen molar-refractivity contribution >= 4 is 74.8 Å². The number of urea groups is 1. The molecule has 2 N–H and O–H groups in total. The van der Waals surface area contributed by atoms with Crippen molar-refractivity contribution in [3.8, 4) is 11.5 Å². The molecule has 1 fully saturated rings. The minimum Gasteiger partial charge on any atom is -0.495 e. The summed E-state index contributed by atoms with van der Waals surface area (Å²) in [6.07, 6.45) is 1.59. The predicted octanol–water partition coefficient (Wildman–Crippen LogP) is 5.01. The van der Waals surface area contributed by atoms with Crippen LogP contribution in [0.4, 0.5) is 10.5 Å². The van der Waals surface area contributed by atoms with Crippen molar-refractivity contribution in [3.05, 3.63) is 90.7 Å². The van der Waals surface area contributed by atoms with Gasteiger partial charge in [-0.2, -0.15) is 0 Å². The van der Waals surface area contributed by atoms with Gasteiger partial charge >= 0.3 is 6.03 Å². The number of amides is 4. The molecule has 1 saturated heterocycles. The SMILES string of the molecule is COc1ccccc1NC(=O)CN1C(=O)N/C(=C/c2cc(I)c(OCc3ccccc3)c(I)c2)C1=O. The fourth-order valence-corrected chi connectivity index (χ4v) is 5.62. The van der Waals surface area contributed by atoms with Crippen LogP contribution in [0.15, 0.2) is 72.4 Å². The van der Waals surface area contributed by atoms with Crippen LogP contribution in [0.1, 0.15) is 11.1 Å². The van der Waals surface area contributed by atoms with E-state index in [-0.39, 0.29) is 5.70 Å². The van der Waals surface area contributed by atoms with Gasteiger partial charge in [0.1, 0.15) is 30.3 Å². The Morgan fingerprint density at radius 1 is 1.03 bits per heavy atom. The molecule has 4 amide bonds. The molecule has 1 aliphatic rings. The standard InChI is InChI=1S/C26H21I2N3O5/c1-35-22-10-6-5-9-20(22)29-23(32)14-31-25(33)21(30-26(31)34)13-17-11-18(27)24(19(28)12-17)36-15-16-7-3-2-4-8-16/h2-13H,14-15H2,1H3,(H,29,32)(H,30,34)/b21-13+. The molecule has 184 valence electrons. The molecule has 3 aromatic carbocycles. The van der Waals surface area contributed by atoms with Gasteiger partial charge in [-0.05, 0) is 86.7 Å². The van der Waals surface area contributed by atoms with Crippen LogP contribution in [0.5, 0.6) is 11.5 Å². The van der Waals surface area contributed by atoms with E-state index in [2.05, 4.69) is 55.8 Å². The summed E-state index contributed by atoms with van der Waals surface area (Å²) >= 11 is 4.36. The van der Waals surface area contributed by atoms with E-state index in [1.165, 1.54) is 7.11 Å². The van der Waals surface area contributed by atoms with Crippen molar-refractivity contribution in [3.63, 3.8) is 0 Å². The second-order valence-electron chi connectivity index (χ2n) is 7.72. The first-order chi connectivity index (χ1) is 17.4. The maximum absolute atomic E-state index is 12.9. The first-order valence-corrected chi connectivity index (χ1v) is 12.9. The summed E-state index contributed by atoms with van der Waals surface area (Å²) in [5.41, 5.74) is 2.32. The van der Waals surface area contributed by atoms with Crippen LogP contribution in [0.3, 0.4) is 0 Å². The topological polar surface area (TPSA) is 97.0 Å². The summed E-state index contributed by atoms with van der Waals surface area (Å²) in [5, 5.41) is 5.22. The molecule has 0 unspecified atom stereocenters. The molecule has 0 aliphatic carbocycles. The Balaban J connectivity index is 1.44. The number of ether oxygens (including phenoxy) is 2. The molecule has 0 saturated carbocycles. The minimum absolute atomic E-state index is 0.0923. The molecule has 36 heavy (non-hydrogen) atoms. The average Bonchev–Trinajstić information content (AvgIpc) is 3.11. The molecule has 1 heterocycles. The summed E-state index contributed by atoms with van der Waals surface area (Å²) in [5.74, 6) is 0.125. The van der Waals surface area contributed by atoms with Crippen LogP contribution in [0.2, 0.25) is 0 Å². The number of imide groups is 1. The van der Waals surface area contributed by atoms with Crippen LogP contribution < -0.4 is 20.1 Å². The third-order valence-electron chi connectivity index (χ3n) is 5.20. The van der Waals surface area contributed by atoms with E-state index >= 15 is 0 Å². The van der Waals surface area contributed by atoms with Gasteiger partial charge in [-0.25, -0.2) is 9.69 Å². The van der Waals surface area contributed by atoms with Crippen molar-refractivity contribution in [2.45, 2.75) is 6.61 Å². The van der Waals surface area contributed by atoms with E-state index in [9.17, 15) is 14.4 Å². The molecular weight excluding hydrogens is 688 g/mol. The summed E-state index contributed by atoms with van der Waals surface area (Å²) in [7, 11) is 1.49. The zero-order valence-electron chi connectivity index (χ0n) is 19.1. The van der Waals surface area contributed by atoms with Crippen molar-refractivity contribution in [1.82, 2.24) is 10.2 Å². The molecule has 0 aromatic heterocycles. The highest BCUT2D eigenvalue weighted by Gasteiger charge is 2.35. The largest absolute Gasteiger partial charge is 0.495 e. The Kier molecular flexibility index (Phi) is 8.46. The molecule has 0 atom stereocenters. The lowest BCUT2D eigenvalue weighted by atomic mass is 10.2. The third kappa shape index (κ3) is 6.16. The molecule has 1 aliphatic heterocycles. The number of nitrogens with zero attached hydrogens (tertiary/aromatic N) is 1. The Labute approximate surface area is 235 Å². The monoisotopic (exact) mass is 709 g/mol. The van der Waals surface area contributed by atoms with Gasteiger partial charge in [0.05, 0.1) is 19.9 Å². The van der Waals surface area contributed by atoms with Gasteiger partial charge in [-0.3, -0.25) is 9.59 Å². The highest BCUT2D eigenvalue weighted by molar-refractivity contribution is 14.1. The van der Waals surface area contributed by atoms with Gasteiger partial charge in [0, 0.05) is 0 Å². The number of methoxy groups -OCH3 is 1. The number of rotatable bonds is 8. The van der Waals surface area contributed by atoms with Crippen molar-refractivity contribution in [2.75, 3.05) is 19.0 Å². The molecule has 10 heteroatoms. The fraction of sp³-hybridized carbons (Fsp3) is 0.115. The Morgan fingerprint density at radius 3 is 2.39 bits per heavy atom. The van der Waals surface area contributed by atoms with Crippen molar-refractivity contribution in [2.24, 2.45) is 0 Å². The van der Waals surface area contributed by atoms with Crippen LogP contribution in [0, 0.1) is 7.14 Å². The van der Waals surface area contributed by atoms with Gasteiger partial charge < -0.3 is 20.1 Å². The highest BCUT2D eigenvalue weighted by atomic mass is 127. The van der Waals surface area contributed by atoms with Crippen LogP contribution in [0.25, 0.3) is 6.08 Å². The number of hydrogen-bond acceptors (Lipinski definition) is 5. The van der Waals surface area contributed by atoms with Crippen molar-refractivity contribution in [1.29, 1.82) is 0 Å². The fourth-order valence-electron chi connectivity index (χ4n) is 3.49. The van der Waals surface area contributed by atoms with E-state index in [1.54, 1.807) is 30.3 Å². The molecule has 8 nitrogen and oxygen atoms in total. The maximum Gasteiger partial charge on any atom is 0.329 e. The summed E-state index contributed by atoms with van der Waals surface area (Å²) in [4.78, 5) is 38.7. The number of nitrogens with one attached hydrogen (secondary N) is 2. The normalized spacial score (nSPS) is 14.1. The number of carbonyl (C=O) groups is 3. The van der Waals surface area contributed by atoms with E-state index in [4.69, 9.17) is 9.47 Å². The Bertz CT molecular complexity index is 1320. The first-order valence-electron chi connectivity index (χ1n) is 10.8. The van der Waals surface area contributed by atoms with Crippen molar-refractivity contribution < 1.29 is 23.9 Å². The summed E-state index contributed by atoms with van der Waals surface area (Å²) in [6, 6.07) is 19.8. The predicted molar refractivity (Wildman–Crippen MR) is 152 cm³/mol. The Hall–Kier alpha value is -3.13. The first kappa shape index (κ1) is 25.9. The maximum atomic E-state index is 12.9. The van der Waals surface area contributed by atoms with Gasteiger partial charge in [0.2, 0.25) is 5.91 Å². The highest BCUT2D eigenvalue weighted by Crippen LogP contribution is 2.31. The smallest absolute Gasteiger partial charge is 0.329 e. The quantitative estimate of drug-likeness (QED) is 0.195. The van der Waals surface area contributed by atoms with Gasteiger partial charge in [0.15, 0.2) is 0 Å². The lowest BCUT2D eigenvalue weighted by molar-refractivity contribution is -0.127. The average molecular weight is 709 g/mol. The molecule has 0 bridgehead atoms. The lowest BCUT2D eigenvalue weighted by Gasteiger charge is -2.13. The number of carbonyl (C=O) groups excluding carboxylic acids is 3. The number of halogens is 2. The van der Waals surface area contributed by atoms with E-state index in [0.29, 0.717) is 18.0 Å². The van der Waals surface area contributed by atoms with Gasteiger partial charge in [-0.15, -0.1) is 0 Å². The summed E-state index contributed by atoms with van der Waals surface area (Å²) < 4.78 is 13.0. The van der Waals surface area contributed by atoms with Gasteiger partial charge in [0.25, 0.3) is 5.91 Å². The number of hydrogen-bond donors (Lipinski definition) is 2. The second-order valence-corrected chi connectivity index (χ2v) is 10.0. The molecular formula is C26H21I2N3O5. The van der Waals surface area contributed by atoms with E-state index in [1.807, 2.05) is 42.5 Å². The zero-order valence-corrected chi connectivity index (χ0v) is 23.4. The minimum atomic E-state index is -0.659. The number of para-hydroxylation sites is 2. The second kappa shape index (κ2) is 11.7. The molecule has 0 spiro atoms. The van der Waals surface area contributed by atoms with Crippen LogP contribution >= 0.6 is 45.2 Å². The van der Waals surface area contributed by atoms with E-state index < -0.39 is 24.4 Å². The number of anilines is 1. The Morgan fingerprint density at radius 2 is 1.69 bits per heavy atom. The lowest BCUT2D eigenvalue weighted by Crippen LogP contribution is -2.38. The zero-order chi connectivity index (χ0) is 25.7. The molecule has 0 radical (unpaired) electrons. The molecule has 3 aromatic rings. The molecule has 4 rings (SSSR count). The van der Waals surface area contributed by atoms with E-state index in [0.717, 1.165) is 28.9 Å². The number of benzene rings is 3.